The first kappa shape index (κ1) is 10.6. The molecule has 0 aromatic heterocycles. The van der Waals surface area contributed by atoms with E-state index in [4.69, 9.17) is 0 Å². The Hall–Kier alpha value is -0.930. The first-order valence-electron chi connectivity index (χ1n) is 5.33. The third-order valence-corrected chi connectivity index (χ3v) is 3.08. The molecule has 15 heavy (non-hydrogen) atoms. The second-order valence-corrected chi connectivity index (χ2v) is 4.17. The summed E-state index contributed by atoms with van der Waals surface area (Å²) in [6, 6.07) is 4.80. The molecule has 2 N–H and O–H groups in total. The van der Waals surface area contributed by atoms with Gasteiger partial charge in [-0.2, -0.15) is 0 Å². The van der Waals surface area contributed by atoms with Crippen molar-refractivity contribution in [2.75, 3.05) is 13.1 Å². The van der Waals surface area contributed by atoms with Crippen LogP contribution in [0.1, 0.15) is 23.5 Å². The van der Waals surface area contributed by atoms with Crippen molar-refractivity contribution < 1.29 is 9.50 Å². The zero-order valence-corrected chi connectivity index (χ0v) is 8.83. The van der Waals surface area contributed by atoms with Crippen LogP contribution in [0.25, 0.3) is 0 Å². The van der Waals surface area contributed by atoms with Gasteiger partial charge in [0.15, 0.2) is 0 Å². The maximum Gasteiger partial charge on any atom is 0.123 e. The van der Waals surface area contributed by atoms with E-state index >= 15 is 0 Å². The van der Waals surface area contributed by atoms with Crippen LogP contribution in [0.15, 0.2) is 18.2 Å². The van der Waals surface area contributed by atoms with Gasteiger partial charge in [-0.15, -0.1) is 0 Å². The Bertz CT molecular complexity index is 353. The van der Waals surface area contributed by atoms with E-state index in [9.17, 15) is 9.50 Å². The van der Waals surface area contributed by atoms with Gasteiger partial charge in [0.1, 0.15) is 5.82 Å². The monoisotopic (exact) mass is 209 g/mol. The fraction of sp³-hybridized carbons (Fsp3) is 0.500. The maximum absolute atomic E-state index is 12.9. The quantitative estimate of drug-likeness (QED) is 0.736. The summed E-state index contributed by atoms with van der Waals surface area (Å²) in [5.41, 5.74) is 2.01. The number of aliphatic hydroxyl groups is 1. The summed E-state index contributed by atoms with van der Waals surface area (Å²) >= 11 is 0. The number of aliphatic hydroxyl groups excluding tert-OH is 1. The van der Waals surface area contributed by atoms with E-state index in [1.807, 2.05) is 6.92 Å². The molecule has 0 bridgehead atoms. The molecule has 82 valence electrons. The Kier molecular flexibility index (Phi) is 3.03. The Balaban J connectivity index is 2.27. The van der Waals surface area contributed by atoms with Crippen LogP contribution >= 0.6 is 0 Å². The third-order valence-electron chi connectivity index (χ3n) is 3.08. The lowest BCUT2D eigenvalue weighted by atomic mass is 9.85. The molecule has 2 rings (SSSR count). The fourth-order valence-corrected chi connectivity index (χ4v) is 2.26. The molecule has 1 aromatic rings. The molecule has 1 saturated heterocycles. The van der Waals surface area contributed by atoms with Crippen molar-refractivity contribution in [3.05, 3.63) is 35.1 Å². The number of benzene rings is 1. The van der Waals surface area contributed by atoms with Crippen molar-refractivity contribution in [3.8, 4) is 0 Å². The number of aryl methyl sites for hydroxylation is 1. The molecule has 1 aliphatic heterocycles. The van der Waals surface area contributed by atoms with E-state index in [0.29, 0.717) is 6.54 Å². The molecule has 0 spiro atoms. The maximum atomic E-state index is 12.9. The first-order chi connectivity index (χ1) is 7.18. The van der Waals surface area contributed by atoms with Crippen LogP contribution in [0.3, 0.4) is 0 Å². The Morgan fingerprint density at radius 1 is 1.47 bits per heavy atom. The molecule has 1 fully saturated rings. The van der Waals surface area contributed by atoms with Gasteiger partial charge in [-0.3, -0.25) is 0 Å². The Morgan fingerprint density at radius 3 is 2.93 bits per heavy atom. The molecule has 1 aromatic carbocycles. The van der Waals surface area contributed by atoms with Crippen molar-refractivity contribution in [3.63, 3.8) is 0 Å². The number of β-amino-alcohol motifs (C(OH)–C–C–N with tert-alkyl or cyclic N) is 1. The van der Waals surface area contributed by atoms with Crippen molar-refractivity contribution in [2.45, 2.75) is 25.4 Å². The summed E-state index contributed by atoms with van der Waals surface area (Å²) in [7, 11) is 0. The summed E-state index contributed by atoms with van der Waals surface area (Å²) in [5, 5.41) is 13.0. The molecule has 1 unspecified atom stereocenters. The number of halogens is 1. The van der Waals surface area contributed by atoms with Crippen molar-refractivity contribution in [1.82, 2.24) is 5.32 Å². The van der Waals surface area contributed by atoms with Crippen LogP contribution in [0.2, 0.25) is 0 Å². The standard InChI is InChI=1S/C12H16FNO/c1-8-6-9(13)2-3-10(8)11-4-5-14-7-12(11)15/h2-3,6,11-12,14-15H,4-5,7H2,1H3/t11-,12?/m1/s1. The van der Waals surface area contributed by atoms with Gasteiger partial charge in [-0.05, 0) is 43.1 Å². The minimum absolute atomic E-state index is 0.145. The molecular weight excluding hydrogens is 193 g/mol. The average Bonchev–Trinajstić information content (AvgIpc) is 2.20. The van der Waals surface area contributed by atoms with Crippen molar-refractivity contribution in [1.29, 1.82) is 0 Å². The van der Waals surface area contributed by atoms with Crippen molar-refractivity contribution >= 4 is 0 Å². The first-order valence-corrected chi connectivity index (χ1v) is 5.33. The number of nitrogens with one attached hydrogen (secondary N) is 1. The molecule has 3 heteroatoms. The third kappa shape index (κ3) is 2.19. The van der Waals surface area contributed by atoms with Gasteiger partial charge in [0.2, 0.25) is 0 Å². The number of piperidine rings is 1. The lowest BCUT2D eigenvalue weighted by Gasteiger charge is -2.29. The molecule has 0 radical (unpaired) electrons. The van der Waals surface area contributed by atoms with E-state index < -0.39 is 0 Å². The molecule has 2 atom stereocenters. The second-order valence-electron chi connectivity index (χ2n) is 4.17. The lowest BCUT2D eigenvalue weighted by molar-refractivity contribution is 0.118. The highest BCUT2D eigenvalue weighted by Gasteiger charge is 2.25. The molecule has 0 aliphatic carbocycles. The largest absolute Gasteiger partial charge is 0.391 e. The van der Waals surface area contributed by atoms with E-state index in [-0.39, 0.29) is 17.8 Å². The normalized spacial score (nSPS) is 26.6. The van der Waals surface area contributed by atoms with E-state index in [2.05, 4.69) is 5.32 Å². The average molecular weight is 209 g/mol. The molecule has 1 aliphatic rings. The summed E-state index contributed by atoms with van der Waals surface area (Å²) in [4.78, 5) is 0. The Morgan fingerprint density at radius 2 is 2.27 bits per heavy atom. The van der Waals surface area contributed by atoms with Crippen LogP contribution in [0, 0.1) is 12.7 Å². The van der Waals surface area contributed by atoms with Crippen LogP contribution in [-0.4, -0.2) is 24.3 Å². The number of rotatable bonds is 1. The zero-order chi connectivity index (χ0) is 10.8. The number of hydrogen-bond acceptors (Lipinski definition) is 2. The molecule has 0 saturated carbocycles. The van der Waals surface area contributed by atoms with Gasteiger partial charge in [0.05, 0.1) is 6.10 Å². The smallest absolute Gasteiger partial charge is 0.123 e. The molecular formula is C12H16FNO. The summed E-state index contributed by atoms with van der Waals surface area (Å²) in [6.07, 6.45) is 0.552. The summed E-state index contributed by atoms with van der Waals surface area (Å²) in [6.45, 7) is 3.44. The van der Waals surface area contributed by atoms with Gasteiger partial charge in [0.25, 0.3) is 0 Å². The fourth-order valence-electron chi connectivity index (χ4n) is 2.26. The van der Waals surface area contributed by atoms with Gasteiger partial charge in [-0.1, -0.05) is 6.07 Å². The minimum Gasteiger partial charge on any atom is -0.391 e. The topological polar surface area (TPSA) is 32.3 Å². The molecule has 0 amide bonds. The highest BCUT2D eigenvalue weighted by molar-refractivity contribution is 5.31. The predicted molar refractivity (Wildman–Crippen MR) is 57.4 cm³/mol. The lowest BCUT2D eigenvalue weighted by Crippen LogP contribution is -2.39. The predicted octanol–water partition coefficient (Wildman–Crippen LogP) is 1.57. The van der Waals surface area contributed by atoms with E-state index in [0.717, 1.165) is 24.1 Å². The highest BCUT2D eigenvalue weighted by atomic mass is 19.1. The van der Waals surface area contributed by atoms with Crippen LogP contribution in [0.4, 0.5) is 4.39 Å². The second kappa shape index (κ2) is 4.29. The Labute approximate surface area is 89.1 Å². The molecule has 1 heterocycles. The highest BCUT2D eigenvalue weighted by Crippen LogP contribution is 2.28. The van der Waals surface area contributed by atoms with Gasteiger partial charge in [0, 0.05) is 12.5 Å². The van der Waals surface area contributed by atoms with Crippen LogP contribution < -0.4 is 5.32 Å². The summed E-state index contributed by atoms with van der Waals surface area (Å²) in [5.74, 6) is -0.0634. The SMILES string of the molecule is Cc1cc(F)ccc1[C@H]1CCNCC1O. The molecule has 2 nitrogen and oxygen atoms in total. The van der Waals surface area contributed by atoms with Crippen molar-refractivity contribution in [2.24, 2.45) is 0 Å². The number of hydrogen-bond donors (Lipinski definition) is 2. The van der Waals surface area contributed by atoms with E-state index in [1.165, 1.54) is 12.1 Å². The van der Waals surface area contributed by atoms with Gasteiger partial charge in [-0.25, -0.2) is 4.39 Å². The van der Waals surface area contributed by atoms with Crippen LogP contribution in [0.5, 0.6) is 0 Å². The van der Waals surface area contributed by atoms with Gasteiger partial charge < -0.3 is 10.4 Å². The minimum atomic E-state index is -0.358. The summed E-state index contributed by atoms with van der Waals surface area (Å²) < 4.78 is 12.9. The van der Waals surface area contributed by atoms with Crippen LogP contribution in [-0.2, 0) is 0 Å². The zero-order valence-electron chi connectivity index (χ0n) is 8.83. The van der Waals surface area contributed by atoms with Gasteiger partial charge >= 0.3 is 0 Å². The van der Waals surface area contributed by atoms with E-state index in [1.54, 1.807) is 6.07 Å².